The van der Waals surface area contributed by atoms with Crippen LogP contribution in [-0.2, 0) is 30.3 Å². The number of nitrogens with one attached hydrogen (secondary N) is 1. The Morgan fingerprint density at radius 1 is 1.00 bits per heavy atom. The number of carbonyl (C=O) groups is 1. The molecule has 6 atom stereocenters. The van der Waals surface area contributed by atoms with Crippen molar-refractivity contribution in [2.45, 2.75) is 73.2 Å². The molecule has 1 saturated heterocycles. The fraction of sp³-hybridized carbons (Fsp3) is 0.412. The molecule has 0 radical (unpaired) electrons. The van der Waals surface area contributed by atoms with Crippen LogP contribution < -0.4 is 25.0 Å². The van der Waals surface area contributed by atoms with E-state index < -0.39 is 53.5 Å². The maximum atomic E-state index is 13.1. The van der Waals surface area contributed by atoms with Crippen LogP contribution in [0.2, 0.25) is 0 Å². The van der Waals surface area contributed by atoms with Gasteiger partial charge in [-0.3, -0.25) is 13.8 Å². The molecule has 0 saturated carbocycles. The van der Waals surface area contributed by atoms with Crippen molar-refractivity contribution >= 4 is 27.8 Å². The van der Waals surface area contributed by atoms with Crippen molar-refractivity contribution in [2.24, 2.45) is 0 Å². The van der Waals surface area contributed by atoms with Crippen LogP contribution in [0, 0.1) is 6.92 Å². The zero-order chi connectivity index (χ0) is 35.6. The highest BCUT2D eigenvalue weighted by Crippen LogP contribution is 2.51. The quantitative estimate of drug-likeness (QED) is 0.177. The van der Waals surface area contributed by atoms with E-state index in [1.54, 1.807) is 43.5 Å². The minimum absolute atomic E-state index is 0.0480. The van der Waals surface area contributed by atoms with Crippen molar-refractivity contribution < 1.29 is 51.7 Å². The molecule has 49 heavy (non-hydrogen) atoms. The number of ether oxygens (including phenoxy) is 4. The third-order valence-corrected chi connectivity index (χ3v) is 10.6. The minimum Gasteiger partial charge on any atom is -0.492 e. The van der Waals surface area contributed by atoms with Gasteiger partial charge in [-0.1, -0.05) is 23.8 Å². The van der Waals surface area contributed by atoms with Crippen molar-refractivity contribution in [3.05, 3.63) is 75.4 Å². The van der Waals surface area contributed by atoms with E-state index in [1.807, 2.05) is 0 Å². The van der Waals surface area contributed by atoms with Gasteiger partial charge in [0.05, 0.1) is 36.7 Å². The summed E-state index contributed by atoms with van der Waals surface area (Å²) in [5, 5.41) is 35.2. The van der Waals surface area contributed by atoms with Crippen LogP contribution in [0.15, 0.2) is 63.1 Å². The number of aliphatic hydroxyl groups is 3. The van der Waals surface area contributed by atoms with Gasteiger partial charge in [-0.2, -0.15) is 8.42 Å². The Kier molecular flexibility index (Phi) is 11.2. The molecule has 1 amide bonds. The van der Waals surface area contributed by atoms with E-state index in [1.165, 1.54) is 51.1 Å². The van der Waals surface area contributed by atoms with Crippen molar-refractivity contribution in [1.82, 2.24) is 5.32 Å². The van der Waals surface area contributed by atoms with E-state index in [4.69, 9.17) is 23.1 Å². The van der Waals surface area contributed by atoms with Crippen LogP contribution in [0.1, 0.15) is 36.1 Å². The van der Waals surface area contributed by atoms with Gasteiger partial charge in [0.25, 0.3) is 10.1 Å². The van der Waals surface area contributed by atoms with Gasteiger partial charge >= 0.3 is 0 Å². The Hall–Kier alpha value is -3.70. The Bertz CT molecular complexity index is 1870. The first kappa shape index (κ1) is 36.6. The van der Waals surface area contributed by atoms with E-state index in [9.17, 15) is 33.3 Å². The molecule has 3 aromatic rings. The summed E-state index contributed by atoms with van der Waals surface area (Å²) in [6.45, 7) is 2.51. The molecule has 0 aromatic heterocycles. The highest BCUT2D eigenvalue weighted by atomic mass is 32.2. The van der Waals surface area contributed by atoms with Gasteiger partial charge in [0, 0.05) is 12.5 Å². The Labute approximate surface area is 288 Å². The largest absolute Gasteiger partial charge is 0.492 e. The number of methoxy groups -OCH3 is 2. The number of rotatable bonds is 10. The van der Waals surface area contributed by atoms with Gasteiger partial charge in [0.2, 0.25) is 17.9 Å². The topological polar surface area (TPSA) is 187 Å². The van der Waals surface area contributed by atoms with Gasteiger partial charge in [-0.25, -0.2) is 0 Å². The lowest BCUT2D eigenvalue weighted by Crippen LogP contribution is -2.60. The first-order valence-electron chi connectivity index (χ1n) is 15.4. The first-order valence-corrected chi connectivity index (χ1v) is 18.0. The minimum atomic E-state index is -4.25. The number of benzene rings is 2. The average molecular weight is 718 g/mol. The van der Waals surface area contributed by atoms with Gasteiger partial charge < -0.3 is 39.6 Å². The van der Waals surface area contributed by atoms with Gasteiger partial charge in [0.15, 0.2) is 16.9 Å². The molecular formula is C34H39NO12S2. The third kappa shape index (κ3) is 7.57. The summed E-state index contributed by atoms with van der Waals surface area (Å²) in [5.74, 6) is 0.107. The molecule has 2 aliphatic rings. The average Bonchev–Trinajstić information content (AvgIpc) is 3.31. The highest BCUT2D eigenvalue weighted by molar-refractivity contribution is 7.98. The van der Waals surface area contributed by atoms with E-state index in [2.05, 4.69) is 5.32 Å². The summed E-state index contributed by atoms with van der Waals surface area (Å²) in [6.07, 6.45) is -5.70. The Balaban J connectivity index is 1.51. The van der Waals surface area contributed by atoms with Gasteiger partial charge in [-0.05, 0) is 73.0 Å². The highest BCUT2D eigenvalue weighted by Gasteiger charge is 2.46. The van der Waals surface area contributed by atoms with E-state index in [-0.39, 0.29) is 33.5 Å². The molecule has 3 aromatic carbocycles. The lowest BCUT2D eigenvalue weighted by Gasteiger charge is -2.40. The molecule has 4 N–H and O–H groups in total. The van der Waals surface area contributed by atoms with Crippen LogP contribution in [0.25, 0.3) is 11.1 Å². The van der Waals surface area contributed by atoms with Crippen molar-refractivity contribution in [3.63, 3.8) is 0 Å². The summed E-state index contributed by atoms with van der Waals surface area (Å²) in [6, 6.07) is 12.1. The summed E-state index contributed by atoms with van der Waals surface area (Å²) in [5.41, 5.74) is 3.17. The molecular weight excluding hydrogens is 679 g/mol. The van der Waals surface area contributed by atoms with Gasteiger partial charge in [0.1, 0.15) is 24.4 Å². The summed E-state index contributed by atoms with van der Waals surface area (Å²) >= 11 is 1.30. The molecule has 1 heterocycles. The molecule has 1 aliphatic carbocycles. The predicted molar refractivity (Wildman–Crippen MR) is 180 cm³/mol. The van der Waals surface area contributed by atoms with Crippen LogP contribution in [-0.4, -0.2) is 87.4 Å². The molecule has 264 valence electrons. The van der Waals surface area contributed by atoms with Crippen molar-refractivity contribution in [3.8, 4) is 28.4 Å². The number of aliphatic hydroxyl groups excluding tert-OH is 3. The van der Waals surface area contributed by atoms with E-state index in [0.29, 0.717) is 40.0 Å². The van der Waals surface area contributed by atoms with Gasteiger partial charge in [-0.15, -0.1) is 11.8 Å². The fourth-order valence-corrected chi connectivity index (χ4v) is 7.39. The number of thioether (sulfide) groups is 1. The number of hydrogen-bond donors (Lipinski definition) is 4. The van der Waals surface area contributed by atoms with Crippen LogP contribution >= 0.6 is 11.8 Å². The number of fused-ring (bicyclic) bond motifs is 3. The third-order valence-electron chi connectivity index (χ3n) is 8.49. The molecule has 0 bridgehead atoms. The van der Waals surface area contributed by atoms with Crippen LogP contribution in [0.4, 0.5) is 0 Å². The molecule has 5 rings (SSSR count). The number of carbonyl (C=O) groups excluding carboxylic acids is 1. The first-order chi connectivity index (χ1) is 23.3. The second-order valence-corrected chi connectivity index (χ2v) is 14.2. The van der Waals surface area contributed by atoms with Crippen molar-refractivity contribution in [2.75, 3.05) is 27.1 Å². The smallest absolute Gasteiger partial charge is 0.297 e. The lowest BCUT2D eigenvalue weighted by molar-refractivity contribution is -0.276. The molecule has 0 unspecified atom stereocenters. The normalized spacial score (nSPS) is 23.4. The number of amides is 1. The Morgan fingerprint density at radius 3 is 2.33 bits per heavy atom. The second kappa shape index (κ2) is 15.0. The predicted octanol–water partition coefficient (Wildman–Crippen LogP) is 2.48. The molecule has 1 aliphatic heterocycles. The standard InChI is InChI=1S/C34H39NO12S2/c1-17-6-9-20(10-7-17)49(41,42)45-16-26-29(38)30(39)31(40)34(47-26)46-25-14-19-8-12-23(35-18(2)36)22-15-24(37)27(48-5)13-11-21(22)28(19)33(44-4)32(25)43-3/h6-7,9-11,13-15,23,26,29-31,34,38-40H,8,12,16H2,1-5H3,(H,35,36)/t23-,26+,29+,30-,31+,34+/m0/s1. The maximum absolute atomic E-state index is 13.1. The molecule has 15 heteroatoms. The zero-order valence-corrected chi connectivity index (χ0v) is 29.2. The zero-order valence-electron chi connectivity index (χ0n) is 27.5. The number of aryl methyl sites for hydroxylation is 2. The van der Waals surface area contributed by atoms with E-state index >= 15 is 0 Å². The Morgan fingerprint density at radius 2 is 1.69 bits per heavy atom. The van der Waals surface area contributed by atoms with E-state index in [0.717, 1.165) is 5.56 Å². The summed E-state index contributed by atoms with van der Waals surface area (Å²) in [4.78, 5) is 25.7. The monoisotopic (exact) mass is 717 g/mol. The molecule has 13 nitrogen and oxygen atoms in total. The molecule has 0 spiro atoms. The SMILES string of the molecule is COc1c(O[C@@H]2O[C@H](COS(=O)(=O)c3ccc(C)cc3)[C@@H](O)[C@H](O)[C@H]2O)cc2c(c1OC)-c1ccc(SC)c(=O)cc1[C@@H](NC(C)=O)CC2. The molecule has 1 fully saturated rings. The number of hydrogen-bond acceptors (Lipinski definition) is 13. The summed E-state index contributed by atoms with van der Waals surface area (Å²) in [7, 11) is -1.44. The fourth-order valence-electron chi connectivity index (χ4n) is 6.00. The lowest BCUT2D eigenvalue weighted by atomic mass is 9.95. The summed E-state index contributed by atoms with van der Waals surface area (Å²) < 4.78 is 54.2. The van der Waals surface area contributed by atoms with Crippen LogP contribution in [0.5, 0.6) is 17.2 Å². The van der Waals surface area contributed by atoms with Crippen molar-refractivity contribution in [1.29, 1.82) is 0 Å². The second-order valence-electron chi connectivity index (χ2n) is 11.7. The maximum Gasteiger partial charge on any atom is 0.297 e. The van der Waals surface area contributed by atoms with Crippen LogP contribution in [0.3, 0.4) is 0 Å².